The van der Waals surface area contributed by atoms with Crippen molar-refractivity contribution in [3.8, 4) is 0 Å². The first-order valence-electron chi connectivity index (χ1n) is 11.9. The number of hydrogen-bond donors (Lipinski definition) is 2. The highest BCUT2D eigenvalue weighted by Gasteiger charge is 2.30. The molecule has 0 aliphatic carbocycles. The van der Waals surface area contributed by atoms with Crippen LogP contribution < -0.4 is 10.6 Å². The number of carbonyl (C=O) groups is 4. The summed E-state index contributed by atoms with van der Waals surface area (Å²) >= 11 is 14.6. The Kier molecular flexibility index (Phi) is 9.22. The summed E-state index contributed by atoms with van der Waals surface area (Å²) in [6.45, 7) is 4.15. The Morgan fingerprint density at radius 1 is 1.10 bits per heavy atom. The van der Waals surface area contributed by atoms with Crippen LogP contribution in [0, 0.1) is 0 Å². The van der Waals surface area contributed by atoms with Crippen LogP contribution in [0.1, 0.15) is 45.0 Å². The van der Waals surface area contributed by atoms with Gasteiger partial charge in [0.25, 0.3) is 5.91 Å². The molecule has 0 spiro atoms. The number of ether oxygens (including phenoxy) is 1. The van der Waals surface area contributed by atoms with Crippen LogP contribution in [0.5, 0.6) is 0 Å². The summed E-state index contributed by atoms with van der Waals surface area (Å²) in [5.74, 6) is -1.25. The van der Waals surface area contributed by atoms with Crippen LogP contribution in [0.4, 0.5) is 10.7 Å². The molecule has 8 nitrogen and oxygen atoms in total. The number of anilines is 2. The Morgan fingerprint density at radius 2 is 1.87 bits per heavy atom. The van der Waals surface area contributed by atoms with Crippen LogP contribution in [0.25, 0.3) is 0 Å². The number of hydrogen-bond acceptors (Lipinski definition) is 7. The standard InChI is InChI=1S/C27H25Cl2N3O5S2/c1-14(38-18-6-4-5-17(12-18)30-25(35)19-8-7-16(28)11-21(19)29)24(34)31-26-23(27(36)37-3)20-9-10-32(15(2)33)13-22(20)39-26/h4-8,11-12,14H,9-10,13H2,1-3H3,(H,30,35)(H,31,34). The number of carbonyl (C=O) groups excluding carboxylic acids is 4. The van der Waals surface area contributed by atoms with Crippen molar-refractivity contribution in [2.24, 2.45) is 0 Å². The smallest absolute Gasteiger partial charge is 0.341 e. The van der Waals surface area contributed by atoms with Crippen LogP contribution in [-0.2, 0) is 27.3 Å². The summed E-state index contributed by atoms with van der Waals surface area (Å²) in [7, 11) is 1.30. The van der Waals surface area contributed by atoms with E-state index in [4.69, 9.17) is 27.9 Å². The van der Waals surface area contributed by atoms with Gasteiger partial charge in [0.15, 0.2) is 0 Å². The maximum atomic E-state index is 13.1. The first-order chi connectivity index (χ1) is 18.6. The average molecular weight is 607 g/mol. The number of fused-ring (bicyclic) bond motifs is 1. The normalized spacial score (nSPS) is 13.3. The van der Waals surface area contributed by atoms with Crippen molar-refractivity contribution in [3.63, 3.8) is 0 Å². The second-order valence-electron chi connectivity index (χ2n) is 8.75. The summed E-state index contributed by atoms with van der Waals surface area (Å²) < 4.78 is 4.98. The number of nitrogens with zero attached hydrogens (tertiary/aromatic N) is 1. The van der Waals surface area contributed by atoms with Crippen LogP contribution in [0.3, 0.4) is 0 Å². The number of halogens is 2. The molecule has 3 amide bonds. The van der Waals surface area contributed by atoms with Gasteiger partial charge < -0.3 is 20.3 Å². The van der Waals surface area contributed by atoms with E-state index >= 15 is 0 Å². The highest BCUT2D eigenvalue weighted by atomic mass is 35.5. The Hall–Kier alpha value is -3.05. The lowest BCUT2D eigenvalue weighted by Crippen LogP contribution is -2.33. The molecule has 39 heavy (non-hydrogen) atoms. The number of benzene rings is 2. The quantitative estimate of drug-likeness (QED) is 0.248. The van der Waals surface area contributed by atoms with Gasteiger partial charge in [-0.3, -0.25) is 14.4 Å². The summed E-state index contributed by atoms with van der Waals surface area (Å²) in [6.07, 6.45) is 0.510. The molecule has 3 aromatic rings. The lowest BCUT2D eigenvalue weighted by atomic mass is 10.0. The molecule has 12 heteroatoms. The van der Waals surface area contributed by atoms with E-state index < -0.39 is 11.2 Å². The van der Waals surface area contributed by atoms with Crippen molar-refractivity contribution in [1.82, 2.24) is 4.90 Å². The van der Waals surface area contributed by atoms with E-state index in [1.165, 1.54) is 43.2 Å². The number of thiophene rings is 1. The predicted octanol–water partition coefficient (Wildman–Crippen LogP) is 6.12. The summed E-state index contributed by atoms with van der Waals surface area (Å²) in [5, 5.41) is 6.25. The lowest BCUT2D eigenvalue weighted by Gasteiger charge is -2.25. The van der Waals surface area contributed by atoms with E-state index in [-0.39, 0.29) is 22.7 Å². The zero-order valence-corrected chi connectivity index (χ0v) is 24.4. The SMILES string of the molecule is COC(=O)c1c(NC(=O)C(C)Sc2cccc(NC(=O)c3ccc(Cl)cc3Cl)c2)sc2c1CCN(C(C)=O)C2. The van der Waals surface area contributed by atoms with Gasteiger partial charge in [0, 0.05) is 34.0 Å². The van der Waals surface area contributed by atoms with E-state index in [9.17, 15) is 19.2 Å². The number of thioether (sulfide) groups is 1. The molecule has 2 heterocycles. The van der Waals surface area contributed by atoms with E-state index in [0.29, 0.717) is 46.3 Å². The van der Waals surface area contributed by atoms with Crippen molar-refractivity contribution in [2.45, 2.75) is 37.0 Å². The second kappa shape index (κ2) is 12.4. The van der Waals surface area contributed by atoms with Gasteiger partial charge in [-0.1, -0.05) is 29.3 Å². The second-order valence-corrected chi connectivity index (χ2v) is 12.1. The van der Waals surface area contributed by atoms with Crippen molar-refractivity contribution < 1.29 is 23.9 Å². The molecule has 0 fully saturated rings. The third-order valence-corrected chi connectivity index (χ3v) is 8.85. The van der Waals surface area contributed by atoms with Crippen molar-refractivity contribution in [2.75, 3.05) is 24.3 Å². The molecule has 0 bridgehead atoms. The molecule has 2 N–H and O–H groups in total. The van der Waals surface area contributed by atoms with Gasteiger partial charge in [-0.2, -0.15) is 0 Å². The fourth-order valence-electron chi connectivity index (χ4n) is 4.07. The first kappa shape index (κ1) is 28.9. The fraction of sp³-hybridized carbons (Fsp3) is 0.259. The number of rotatable bonds is 7. The molecular weight excluding hydrogens is 581 g/mol. The molecule has 1 aliphatic heterocycles. The van der Waals surface area contributed by atoms with Crippen LogP contribution >= 0.6 is 46.3 Å². The van der Waals surface area contributed by atoms with E-state index in [0.717, 1.165) is 15.3 Å². The number of esters is 1. The highest BCUT2D eigenvalue weighted by Crippen LogP contribution is 2.38. The van der Waals surface area contributed by atoms with Crippen LogP contribution in [0.2, 0.25) is 10.0 Å². The minimum Gasteiger partial charge on any atom is -0.465 e. The van der Waals surface area contributed by atoms with Gasteiger partial charge in [0.1, 0.15) is 5.00 Å². The first-order valence-corrected chi connectivity index (χ1v) is 14.3. The molecule has 4 rings (SSSR count). The molecular formula is C27H25Cl2N3O5S2. The topological polar surface area (TPSA) is 105 Å². The summed E-state index contributed by atoms with van der Waals surface area (Å²) in [5.41, 5.74) is 1.98. The zero-order chi connectivity index (χ0) is 28.3. The Labute approximate surface area is 244 Å². The van der Waals surface area contributed by atoms with Crippen molar-refractivity contribution in [3.05, 3.63) is 74.1 Å². The molecule has 1 aliphatic rings. The average Bonchev–Trinajstić information content (AvgIpc) is 3.25. The number of methoxy groups -OCH3 is 1. The molecule has 1 atom stereocenters. The number of nitrogens with one attached hydrogen (secondary N) is 2. The minimum absolute atomic E-state index is 0.0426. The fourth-order valence-corrected chi connectivity index (χ4v) is 6.74. The third kappa shape index (κ3) is 6.75. The summed E-state index contributed by atoms with van der Waals surface area (Å²) in [6, 6.07) is 11.7. The van der Waals surface area contributed by atoms with Gasteiger partial charge in [0.2, 0.25) is 11.8 Å². The molecule has 0 saturated heterocycles. The molecule has 204 valence electrons. The van der Waals surface area contributed by atoms with E-state index in [1.54, 1.807) is 42.2 Å². The van der Waals surface area contributed by atoms with Gasteiger partial charge in [-0.05, 0) is 55.3 Å². The predicted molar refractivity (Wildman–Crippen MR) is 155 cm³/mol. The van der Waals surface area contributed by atoms with Gasteiger partial charge >= 0.3 is 5.97 Å². The maximum absolute atomic E-state index is 13.1. The minimum atomic E-state index is -0.528. The molecule has 0 radical (unpaired) electrons. The van der Waals surface area contributed by atoms with Gasteiger partial charge in [0.05, 0.1) is 35.1 Å². The van der Waals surface area contributed by atoms with E-state index in [1.807, 2.05) is 6.07 Å². The van der Waals surface area contributed by atoms with Crippen molar-refractivity contribution >= 4 is 80.7 Å². The molecule has 0 saturated carbocycles. The van der Waals surface area contributed by atoms with Gasteiger partial charge in [-0.25, -0.2) is 4.79 Å². The zero-order valence-electron chi connectivity index (χ0n) is 21.3. The van der Waals surface area contributed by atoms with E-state index in [2.05, 4.69) is 10.6 Å². The maximum Gasteiger partial charge on any atom is 0.341 e. The Bertz CT molecular complexity index is 1460. The monoisotopic (exact) mass is 605 g/mol. The van der Waals surface area contributed by atoms with Crippen LogP contribution in [0.15, 0.2) is 47.4 Å². The number of amides is 3. The molecule has 1 aromatic heterocycles. The molecule has 2 aromatic carbocycles. The molecule has 1 unspecified atom stereocenters. The lowest BCUT2D eigenvalue weighted by molar-refractivity contribution is -0.129. The van der Waals surface area contributed by atoms with Crippen molar-refractivity contribution in [1.29, 1.82) is 0 Å². The largest absolute Gasteiger partial charge is 0.465 e. The Morgan fingerprint density at radius 3 is 2.56 bits per heavy atom. The van der Waals surface area contributed by atoms with Gasteiger partial charge in [-0.15, -0.1) is 23.1 Å². The summed E-state index contributed by atoms with van der Waals surface area (Å²) in [4.78, 5) is 53.6. The highest BCUT2D eigenvalue weighted by molar-refractivity contribution is 8.00. The van der Waals surface area contributed by atoms with Crippen LogP contribution in [-0.4, -0.2) is 47.5 Å². The third-order valence-electron chi connectivity index (χ3n) is 6.08. The Balaban J connectivity index is 1.46.